The minimum atomic E-state index is -3.82. The Morgan fingerprint density at radius 3 is 2.21 bits per heavy atom. The molecule has 1 aromatic carbocycles. The van der Waals surface area contributed by atoms with E-state index in [4.69, 9.17) is 0 Å². The normalized spacial score (nSPS) is 19.3. The molecule has 1 aliphatic heterocycles. The van der Waals surface area contributed by atoms with Gasteiger partial charge in [0.05, 0.1) is 15.7 Å². The summed E-state index contributed by atoms with van der Waals surface area (Å²) in [5, 5.41) is 2.99. The van der Waals surface area contributed by atoms with Crippen LogP contribution in [0.5, 0.6) is 0 Å². The second-order valence-electron chi connectivity index (χ2n) is 8.19. The van der Waals surface area contributed by atoms with Gasteiger partial charge in [-0.3, -0.25) is 4.79 Å². The molecular formula is C19H31N3O5S2. The zero-order chi connectivity index (χ0) is 22.0. The quantitative estimate of drug-likeness (QED) is 0.687. The fourth-order valence-electron chi connectivity index (χ4n) is 3.04. The maximum Gasteiger partial charge on any atom is 0.243 e. The van der Waals surface area contributed by atoms with Crippen molar-refractivity contribution in [3.63, 3.8) is 0 Å². The van der Waals surface area contributed by atoms with E-state index in [0.717, 1.165) is 10.7 Å². The third kappa shape index (κ3) is 5.36. The average molecular weight is 446 g/mol. The van der Waals surface area contributed by atoms with Crippen LogP contribution in [-0.2, 0) is 24.8 Å². The van der Waals surface area contributed by atoms with Crippen LogP contribution in [-0.4, -0.2) is 64.1 Å². The molecule has 2 rings (SSSR count). The summed E-state index contributed by atoms with van der Waals surface area (Å²) < 4.78 is 52.8. The van der Waals surface area contributed by atoms with Crippen molar-refractivity contribution in [2.75, 3.05) is 27.2 Å². The standard InChI is InChI=1S/C19H31N3O5S2/c1-6-19(2,3)20-18(23)15-8-7-13-22(14-15)29(26,27)17-11-9-16(10-12-17)28(24,25)21(4)5/h9-12,15H,6-8,13-14H2,1-5H3,(H,20,23). The molecule has 0 aliphatic carbocycles. The van der Waals surface area contributed by atoms with Crippen molar-refractivity contribution in [2.24, 2.45) is 5.92 Å². The molecule has 1 fully saturated rings. The van der Waals surface area contributed by atoms with Crippen LogP contribution in [0.4, 0.5) is 0 Å². The summed E-state index contributed by atoms with van der Waals surface area (Å²) in [5.74, 6) is -0.540. The second-order valence-corrected chi connectivity index (χ2v) is 12.3. The molecule has 10 heteroatoms. The van der Waals surface area contributed by atoms with Crippen LogP contribution in [0.15, 0.2) is 34.1 Å². The van der Waals surface area contributed by atoms with Crippen LogP contribution in [0.1, 0.15) is 40.0 Å². The molecule has 1 aromatic rings. The van der Waals surface area contributed by atoms with Gasteiger partial charge in [-0.05, 0) is 57.4 Å². The first-order chi connectivity index (χ1) is 13.3. The highest BCUT2D eigenvalue weighted by molar-refractivity contribution is 7.89. The summed E-state index contributed by atoms with van der Waals surface area (Å²) in [6.45, 7) is 6.31. The summed E-state index contributed by atoms with van der Waals surface area (Å²) in [7, 11) is -4.62. The first-order valence-corrected chi connectivity index (χ1v) is 12.5. The van der Waals surface area contributed by atoms with E-state index in [1.807, 2.05) is 20.8 Å². The molecule has 0 spiro atoms. The van der Waals surface area contributed by atoms with Gasteiger partial charge in [0.15, 0.2) is 0 Å². The molecule has 1 N–H and O–H groups in total. The first-order valence-electron chi connectivity index (χ1n) is 9.66. The summed E-state index contributed by atoms with van der Waals surface area (Å²) in [4.78, 5) is 12.6. The average Bonchev–Trinajstić information content (AvgIpc) is 2.67. The third-order valence-electron chi connectivity index (χ3n) is 5.34. The highest BCUT2D eigenvalue weighted by Crippen LogP contribution is 2.26. The number of sulfonamides is 2. The van der Waals surface area contributed by atoms with Gasteiger partial charge in [-0.2, -0.15) is 4.31 Å². The maximum atomic E-state index is 13.0. The first kappa shape index (κ1) is 23.8. The van der Waals surface area contributed by atoms with Crippen molar-refractivity contribution in [3.8, 4) is 0 Å². The van der Waals surface area contributed by atoms with Crippen LogP contribution >= 0.6 is 0 Å². The Hall–Kier alpha value is -1.49. The van der Waals surface area contributed by atoms with Crippen LogP contribution < -0.4 is 5.32 Å². The number of nitrogens with one attached hydrogen (secondary N) is 1. The van der Waals surface area contributed by atoms with E-state index in [-0.39, 0.29) is 27.8 Å². The Labute approximate surface area is 174 Å². The zero-order valence-electron chi connectivity index (χ0n) is 17.7. The van der Waals surface area contributed by atoms with Crippen molar-refractivity contribution >= 4 is 26.0 Å². The van der Waals surface area contributed by atoms with Crippen molar-refractivity contribution in [1.29, 1.82) is 0 Å². The molecule has 1 atom stereocenters. The highest BCUT2D eigenvalue weighted by atomic mass is 32.2. The molecule has 8 nitrogen and oxygen atoms in total. The van der Waals surface area contributed by atoms with E-state index in [2.05, 4.69) is 5.32 Å². The van der Waals surface area contributed by atoms with Gasteiger partial charge in [-0.25, -0.2) is 21.1 Å². The van der Waals surface area contributed by atoms with E-state index in [1.54, 1.807) is 0 Å². The van der Waals surface area contributed by atoms with Crippen molar-refractivity contribution in [3.05, 3.63) is 24.3 Å². The predicted molar refractivity (Wildman–Crippen MR) is 111 cm³/mol. The molecule has 1 saturated heterocycles. The minimum Gasteiger partial charge on any atom is -0.351 e. The van der Waals surface area contributed by atoms with E-state index < -0.39 is 26.0 Å². The molecule has 0 bridgehead atoms. The molecule has 1 heterocycles. The molecule has 0 radical (unpaired) electrons. The number of hydrogen-bond acceptors (Lipinski definition) is 5. The molecule has 0 saturated carbocycles. The Balaban J connectivity index is 2.19. The summed E-state index contributed by atoms with van der Waals surface area (Å²) >= 11 is 0. The van der Waals surface area contributed by atoms with Gasteiger partial charge < -0.3 is 5.32 Å². The lowest BCUT2D eigenvalue weighted by Crippen LogP contribution is -2.50. The molecule has 1 aliphatic rings. The van der Waals surface area contributed by atoms with Crippen molar-refractivity contribution in [2.45, 2.75) is 55.4 Å². The molecule has 1 amide bonds. The summed E-state index contributed by atoms with van der Waals surface area (Å²) in [6.07, 6.45) is 2.00. The van der Waals surface area contributed by atoms with Gasteiger partial charge in [-0.15, -0.1) is 0 Å². The fraction of sp³-hybridized carbons (Fsp3) is 0.632. The summed E-state index contributed by atoms with van der Waals surface area (Å²) in [5.41, 5.74) is -0.341. The van der Waals surface area contributed by atoms with Crippen LogP contribution in [0.2, 0.25) is 0 Å². The zero-order valence-corrected chi connectivity index (χ0v) is 19.3. The Morgan fingerprint density at radius 1 is 1.14 bits per heavy atom. The second kappa shape index (κ2) is 8.71. The van der Waals surface area contributed by atoms with Gasteiger partial charge in [0.25, 0.3) is 0 Å². The number of hydrogen-bond donors (Lipinski definition) is 1. The van der Waals surface area contributed by atoms with Gasteiger partial charge in [0.2, 0.25) is 26.0 Å². The Morgan fingerprint density at radius 2 is 1.69 bits per heavy atom. The molecular weight excluding hydrogens is 414 g/mol. The van der Waals surface area contributed by atoms with Crippen LogP contribution in [0.3, 0.4) is 0 Å². The number of nitrogens with zero attached hydrogens (tertiary/aromatic N) is 2. The number of amides is 1. The largest absolute Gasteiger partial charge is 0.351 e. The lowest BCUT2D eigenvalue weighted by molar-refractivity contribution is -0.127. The lowest BCUT2D eigenvalue weighted by Gasteiger charge is -2.33. The Kier molecular flexibility index (Phi) is 7.14. The third-order valence-corrected chi connectivity index (χ3v) is 9.05. The topological polar surface area (TPSA) is 104 Å². The van der Waals surface area contributed by atoms with E-state index in [0.29, 0.717) is 19.4 Å². The van der Waals surface area contributed by atoms with Gasteiger partial charge in [0.1, 0.15) is 0 Å². The molecule has 0 aromatic heterocycles. The summed E-state index contributed by atoms with van der Waals surface area (Å²) in [6, 6.07) is 5.19. The molecule has 164 valence electrons. The number of benzene rings is 1. The van der Waals surface area contributed by atoms with Crippen molar-refractivity contribution in [1.82, 2.24) is 13.9 Å². The van der Waals surface area contributed by atoms with E-state index >= 15 is 0 Å². The lowest BCUT2D eigenvalue weighted by atomic mass is 9.95. The maximum absolute atomic E-state index is 13.0. The van der Waals surface area contributed by atoms with E-state index in [1.165, 1.54) is 42.7 Å². The van der Waals surface area contributed by atoms with Crippen molar-refractivity contribution < 1.29 is 21.6 Å². The smallest absolute Gasteiger partial charge is 0.243 e. The number of rotatable bonds is 7. The van der Waals surface area contributed by atoms with Crippen LogP contribution in [0, 0.1) is 5.92 Å². The van der Waals surface area contributed by atoms with Gasteiger partial charge in [0, 0.05) is 32.7 Å². The van der Waals surface area contributed by atoms with Crippen LogP contribution in [0.25, 0.3) is 0 Å². The Bertz CT molecular complexity index is 939. The van der Waals surface area contributed by atoms with Gasteiger partial charge in [-0.1, -0.05) is 6.92 Å². The number of carbonyl (C=O) groups excluding carboxylic acids is 1. The molecule has 1 unspecified atom stereocenters. The van der Waals surface area contributed by atoms with Gasteiger partial charge >= 0.3 is 0 Å². The predicted octanol–water partition coefficient (Wildman–Crippen LogP) is 1.64. The molecule has 29 heavy (non-hydrogen) atoms. The fourth-order valence-corrected chi connectivity index (χ4v) is 5.47. The van der Waals surface area contributed by atoms with E-state index in [9.17, 15) is 21.6 Å². The monoisotopic (exact) mass is 445 g/mol. The highest BCUT2D eigenvalue weighted by Gasteiger charge is 2.34. The SMILES string of the molecule is CCC(C)(C)NC(=O)C1CCCN(S(=O)(=O)c2ccc(S(=O)(=O)N(C)C)cc2)C1. The number of piperidine rings is 1. The number of carbonyl (C=O) groups is 1. The minimum absolute atomic E-state index is 0.0187.